The van der Waals surface area contributed by atoms with Crippen LogP contribution in [0.2, 0.25) is 0 Å². The van der Waals surface area contributed by atoms with Crippen LogP contribution in [0.1, 0.15) is 24.8 Å². The molecule has 1 aliphatic rings. The number of nitrogens with two attached hydrogens (primary N) is 1. The maximum Gasteiger partial charge on any atom is 0.241 e. The Kier molecular flexibility index (Phi) is 9.60. The molecule has 0 radical (unpaired) electrons. The molecule has 0 spiro atoms. The summed E-state index contributed by atoms with van der Waals surface area (Å²) < 4.78 is 18.5. The Hall–Kier alpha value is -3.46. The van der Waals surface area contributed by atoms with E-state index in [2.05, 4.69) is 0 Å². The van der Waals surface area contributed by atoms with E-state index in [9.17, 15) is 18.8 Å². The fourth-order valence-corrected chi connectivity index (χ4v) is 4.10. The normalized spacial score (nSPS) is 14.3. The van der Waals surface area contributed by atoms with E-state index in [1.165, 1.54) is 29.2 Å². The quantitative estimate of drug-likeness (QED) is 0.558. The molecule has 8 nitrogen and oxygen atoms in total. The van der Waals surface area contributed by atoms with Crippen LogP contribution in [-0.4, -0.2) is 73.9 Å². The van der Waals surface area contributed by atoms with Crippen molar-refractivity contribution >= 4 is 23.4 Å². The number of methoxy groups -OCH3 is 1. The number of halogens is 1. The minimum absolute atomic E-state index is 0.0135. The highest BCUT2D eigenvalue weighted by atomic mass is 19.1. The molecule has 2 aromatic rings. The number of ether oxygens (including phenoxy) is 1. The van der Waals surface area contributed by atoms with Crippen LogP contribution < -0.4 is 15.4 Å². The van der Waals surface area contributed by atoms with Crippen molar-refractivity contribution in [2.24, 2.45) is 5.73 Å². The summed E-state index contributed by atoms with van der Waals surface area (Å²) >= 11 is 0. The lowest BCUT2D eigenvalue weighted by Crippen LogP contribution is -2.43. The first-order chi connectivity index (χ1) is 16.9. The molecule has 1 saturated heterocycles. The van der Waals surface area contributed by atoms with E-state index in [0.29, 0.717) is 44.7 Å². The van der Waals surface area contributed by atoms with Gasteiger partial charge in [-0.3, -0.25) is 19.3 Å². The Balaban J connectivity index is 1.53. The number of nitrogens with zero attached hydrogens (tertiary/aromatic N) is 3. The number of carbonyl (C=O) groups is 3. The summed E-state index contributed by atoms with van der Waals surface area (Å²) in [6, 6.07) is 13.3. The molecule has 188 valence electrons. The van der Waals surface area contributed by atoms with E-state index in [0.717, 1.165) is 17.7 Å². The Morgan fingerprint density at radius 3 is 2.34 bits per heavy atom. The number of hydrogen-bond donors (Lipinski definition) is 1. The Morgan fingerprint density at radius 1 is 0.971 bits per heavy atom. The van der Waals surface area contributed by atoms with Crippen LogP contribution in [0, 0.1) is 5.82 Å². The van der Waals surface area contributed by atoms with E-state index in [-0.39, 0.29) is 31.3 Å². The molecule has 0 saturated carbocycles. The van der Waals surface area contributed by atoms with Crippen molar-refractivity contribution in [1.82, 2.24) is 9.80 Å². The lowest BCUT2D eigenvalue weighted by Gasteiger charge is -2.27. The third-order valence-electron chi connectivity index (χ3n) is 6.11. The molecule has 1 heterocycles. The summed E-state index contributed by atoms with van der Waals surface area (Å²) in [4.78, 5) is 42.5. The highest BCUT2D eigenvalue weighted by molar-refractivity contribution is 5.95. The van der Waals surface area contributed by atoms with Crippen molar-refractivity contribution in [2.45, 2.75) is 25.7 Å². The first-order valence-corrected chi connectivity index (χ1v) is 11.8. The molecule has 1 aliphatic heterocycles. The van der Waals surface area contributed by atoms with E-state index in [1.807, 2.05) is 34.1 Å². The molecule has 0 unspecified atom stereocenters. The van der Waals surface area contributed by atoms with Crippen LogP contribution >= 0.6 is 0 Å². The largest absolute Gasteiger partial charge is 0.497 e. The van der Waals surface area contributed by atoms with Gasteiger partial charge in [0, 0.05) is 51.3 Å². The average Bonchev–Trinajstić information content (AvgIpc) is 3.09. The van der Waals surface area contributed by atoms with Crippen LogP contribution in [0.4, 0.5) is 10.1 Å². The van der Waals surface area contributed by atoms with Gasteiger partial charge in [0.05, 0.1) is 13.7 Å². The maximum absolute atomic E-state index is 13.3. The number of amides is 3. The second kappa shape index (κ2) is 12.9. The van der Waals surface area contributed by atoms with Crippen LogP contribution in [-0.2, 0) is 20.8 Å². The summed E-state index contributed by atoms with van der Waals surface area (Å²) in [7, 11) is 1.62. The highest BCUT2D eigenvalue weighted by Crippen LogP contribution is 2.17. The Morgan fingerprint density at radius 2 is 1.69 bits per heavy atom. The third kappa shape index (κ3) is 8.06. The second-order valence-electron chi connectivity index (χ2n) is 8.60. The molecular formula is C26H33FN4O4. The summed E-state index contributed by atoms with van der Waals surface area (Å²) in [5, 5.41) is 0. The van der Waals surface area contributed by atoms with Crippen LogP contribution in [0.25, 0.3) is 0 Å². The van der Waals surface area contributed by atoms with Gasteiger partial charge in [0.25, 0.3) is 0 Å². The Bertz CT molecular complexity index is 997. The predicted molar refractivity (Wildman–Crippen MR) is 132 cm³/mol. The van der Waals surface area contributed by atoms with Crippen molar-refractivity contribution in [3.8, 4) is 5.75 Å². The van der Waals surface area contributed by atoms with Gasteiger partial charge in [-0.15, -0.1) is 0 Å². The van der Waals surface area contributed by atoms with Gasteiger partial charge in [-0.05, 0) is 54.8 Å². The Labute approximate surface area is 205 Å². The number of benzene rings is 2. The maximum atomic E-state index is 13.3. The number of hydrogen-bond acceptors (Lipinski definition) is 5. The molecule has 3 rings (SSSR count). The molecule has 0 bridgehead atoms. The monoisotopic (exact) mass is 484 g/mol. The molecule has 2 aromatic carbocycles. The minimum Gasteiger partial charge on any atom is -0.497 e. The molecule has 35 heavy (non-hydrogen) atoms. The zero-order chi connectivity index (χ0) is 25.2. The zero-order valence-electron chi connectivity index (χ0n) is 20.1. The lowest BCUT2D eigenvalue weighted by molar-refractivity contribution is -0.131. The number of carbonyl (C=O) groups excluding carboxylic acids is 3. The van der Waals surface area contributed by atoms with E-state index in [4.69, 9.17) is 10.5 Å². The van der Waals surface area contributed by atoms with Gasteiger partial charge in [0.2, 0.25) is 17.7 Å². The zero-order valence-corrected chi connectivity index (χ0v) is 20.1. The third-order valence-corrected chi connectivity index (χ3v) is 6.11. The molecule has 3 amide bonds. The van der Waals surface area contributed by atoms with E-state index in [1.54, 1.807) is 7.11 Å². The van der Waals surface area contributed by atoms with Gasteiger partial charge in [0.15, 0.2) is 0 Å². The number of rotatable bonds is 10. The van der Waals surface area contributed by atoms with Gasteiger partial charge in [-0.1, -0.05) is 12.1 Å². The van der Waals surface area contributed by atoms with Gasteiger partial charge in [-0.2, -0.15) is 0 Å². The minimum atomic E-state index is -0.511. The van der Waals surface area contributed by atoms with Crippen LogP contribution in [0.15, 0.2) is 48.5 Å². The summed E-state index contributed by atoms with van der Waals surface area (Å²) in [6.07, 6.45) is 1.86. The van der Waals surface area contributed by atoms with Gasteiger partial charge in [0.1, 0.15) is 11.6 Å². The molecule has 2 N–H and O–H groups in total. The van der Waals surface area contributed by atoms with Crippen LogP contribution in [0.3, 0.4) is 0 Å². The molecule has 0 aliphatic carbocycles. The van der Waals surface area contributed by atoms with Gasteiger partial charge in [-0.25, -0.2) is 4.39 Å². The second-order valence-corrected chi connectivity index (χ2v) is 8.60. The average molecular weight is 485 g/mol. The standard InChI is InChI=1S/C26H33FN4O4/c1-35-23-10-3-20(4-11-23)5-12-25(33)30-15-2-14-29(17-18-30)19-26(34)31(16-13-24(28)32)22-8-6-21(27)7-9-22/h3-4,6-11H,2,5,12-19H2,1H3,(H2,28,32). The number of aryl methyl sites for hydroxylation is 1. The molecule has 9 heteroatoms. The topological polar surface area (TPSA) is 96.2 Å². The van der Waals surface area contributed by atoms with Gasteiger partial charge >= 0.3 is 0 Å². The van der Waals surface area contributed by atoms with Crippen molar-refractivity contribution < 1.29 is 23.5 Å². The van der Waals surface area contributed by atoms with Crippen LogP contribution in [0.5, 0.6) is 5.75 Å². The van der Waals surface area contributed by atoms with Crippen molar-refractivity contribution in [2.75, 3.05) is 51.3 Å². The number of anilines is 1. The first-order valence-electron chi connectivity index (χ1n) is 11.8. The van der Waals surface area contributed by atoms with Crippen molar-refractivity contribution in [3.63, 3.8) is 0 Å². The summed E-state index contributed by atoms with van der Waals surface area (Å²) in [5.41, 5.74) is 6.87. The van der Waals surface area contributed by atoms with Crippen molar-refractivity contribution in [1.29, 1.82) is 0 Å². The van der Waals surface area contributed by atoms with Gasteiger partial charge < -0.3 is 20.3 Å². The smallest absolute Gasteiger partial charge is 0.241 e. The predicted octanol–water partition coefficient (Wildman–Crippen LogP) is 2.21. The fraction of sp³-hybridized carbons (Fsp3) is 0.423. The molecule has 0 aromatic heterocycles. The fourth-order valence-electron chi connectivity index (χ4n) is 4.10. The highest BCUT2D eigenvalue weighted by Gasteiger charge is 2.23. The first kappa shape index (κ1) is 26.2. The summed E-state index contributed by atoms with van der Waals surface area (Å²) in [6.45, 7) is 2.73. The number of primary amides is 1. The summed E-state index contributed by atoms with van der Waals surface area (Å²) in [5.74, 6) is -0.223. The lowest BCUT2D eigenvalue weighted by atomic mass is 10.1. The van der Waals surface area contributed by atoms with Crippen molar-refractivity contribution in [3.05, 3.63) is 59.9 Å². The molecule has 1 fully saturated rings. The van der Waals surface area contributed by atoms with E-state index < -0.39 is 11.7 Å². The SMILES string of the molecule is COc1ccc(CCC(=O)N2CCCN(CC(=O)N(CCC(N)=O)c3ccc(F)cc3)CC2)cc1. The molecular weight excluding hydrogens is 451 g/mol. The molecule has 0 atom stereocenters. The van der Waals surface area contributed by atoms with E-state index >= 15 is 0 Å².